The van der Waals surface area contributed by atoms with E-state index in [9.17, 15) is 0 Å². The number of hydrogen-bond donors (Lipinski definition) is 0. The molecule has 0 aliphatic carbocycles. The maximum absolute atomic E-state index is 5.80. The molecule has 3 heteroatoms. The van der Waals surface area contributed by atoms with E-state index in [0.717, 1.165) is 5.75 Å². The van der Waals surface area contributed by atoms with E-state index < -0.39 is 7.72 Å². The fraction of sp³-hybridized carbons (Fsp3) is 0.455. The third-order valence-electron chi connectivity index (χ3n) is 1.53. The largest absolute Gasteiger partial charge is 0.320 e. The molecule has 0 amide bonds. The summed E-state index contributed by atoms with van der Waals surface area (Å²) in [5, 5.41) is 0. The van der Waals surface area contributed by atoms with E-state index in [0.29, 0.717) is 0 Å². The molecule has 78 valence electrons. The third-order valence-corrected chi connectivity index (χ3v) is 3.11. The Morgan fingerprint density at radius 3 is 2.14 bits per heavy atom. The summed E-state index contributed by atoms with van der Waals surface area (Å²) in [6.07, 6.45) is 0.210. The molecular formula is C11H18O2P+. The molecule has 14 heavy (non-hydrogen) atoms. The van der Waals surface area contributed by atoms with Crippen LogP contribution in [0.3, 0.4) is 0 Å². The van der Waals surface area contributed by atoms with Gasteiger partial charge in [0.25, 0.3) is 0 Å². The van der Waals surface area contributed by atoms with Crippen molar-refractivity contribution in [3.8, 4) is 5.75 Å². The molecule has 0 aromatic heterocycles. The van der Waals surface area contributed by atoms with Gasteiger partial charge in [0.15, 0.2) is 5.75 Å². The average molecular weight is 213 g/mol. The van der Waals surface area contributed by atoms with Gasteiger partial charge < -0.3 is 4.52 Å². The summed E-state index contributed by atoms with van der Waals surface area (Å²) in [4.78, 5) is 0. The Labute approximate surface area is 86.7 Å². The monoisotopic (exact) mass is 213 g/mol. The van der Waals surface area contributed by atoms with Crippen molar-refractivity contribution in [2.45, 2.75) is 20.0 Å². The zero-order valence-electron chi connectivity index (χ0n) is 9.23. The molecule has 0 radical (unpaired) electrons. The van der Waals surface area contributed by atoms with E-state index in [2.05, 4.69) is 0 Å². The number of benzene rings is 1. The smallest absolute Gasteiger partial charge is 0.314 e. The van der Waals surface area contributed by atoms with Crippen LogP contribution in [-0.2, 0) is 4.52 Å². The zero-order valence-corrected chi connectivity index (χ0v) is 10.1. The van der Waals surface area contributed by atoms with Crippen molar-refractivity contribution in [1.29, 1.82) is 0 Å². The molecule has 0 aliphatic heterocycles. The molecular weight excluding hydrogens is 195 g/mol. The predicted octanol–water partition coefficient (Wildman–Crippen LogP) is 3.60. The van der Waals surface area contributed by atoms with Gasteiger partial charge in [-0.2, -0.15) is 4.52 Å². The van der Waals surface area contributed by atoms with Crippen LogP contribution < -0.4 is 4.52 Å². The Bertz CT molecular complexity index is 270. The van der Waals surface area contributed by atoms with Crippen LogP contribution in [0.15, 0.2) is 30.3 Å². The second kappa shape index (κ2) is 4.77. The van der Waals surface area contributed by atoms with E-state index in [1.54, 1.807) is 0 Å². The van der Waals surface area contributed by atoms with Gasteiger partial charge in [-0.3, -0.25) is 0 Å². The van der Waals surface area contributed by atoms with E-state index >= 15 is 0 Å². The van der Waals surface area contributed by atoms with E-state index in [-0.39, 0.29) is 6.10 Å². The van der Waals surface area contributed by atoms with Crippen molar-refractivity contribution >= 4 is 7.72 Å². The van der Waals surface area contributed by atoms with Gasteiger partial charge >= 0.3 is 7.72 Å². The molecule has 1 aromatic carbocycles. The lowest BCUT2D eigenvalue weighted by molar-refractivity contribution is 0.235. The van der Waals surface area contributed by atoms with Crippen molar-refractivity contribution in [2.75, 3.05) is 13.3 Å². The Balaban J connectivity index is 2.59. The third kappa shape index (κ3) is 4.08. The maximum atomic E-state index is 5.80. The second-order valence-electron chi connectivity index (χ2n) is 3.81. The standard InChI is InChI=1S/C11H18O2P/c1-10(2)12-14(3,4)13-11-8-6-5-7-9-11/h5-10H,1-4H3/q+1. The summed E-state index contributed by atoms with van der Waals surface area (Å²) in [6, 6.07) is 9.80. The minimum Gasteiger partial charge on any atom is -0.320 e. The molecule has 2 nitrogen and oxygen atoms in total. The molecule has 0 spiro atoms. The van der Waals surface area contributed by atoms with Gasteiger partial charge in [0.2, 0.25) is 0 Å². The lowest BCUT2D eigenvalue weighted by Gasteiger charge is -2.18. The van der Waals surface area contributed by atoms with Crippen molar-refractivity contribution in [3.05, 3.63) is 30.3 Å². The van der Waals surface area contributed by atoms with Crippen LogP contribution in [0.5, 0.6) is 5.75 Å². The highest BCUT2D eigenvalue weighted by atomic mass is 31.2. The fourth-order valence-electron chi connectivity index (χ4n) is 1.26. The summed E-state index contributed by atoms with van der Waals surface area (Å²) in [5.74, 6) is 0.881. The van der Waals surface area contributed by atoms with Gasteiger partial charge in [-0.15, -0.1) is 0 Å². The average Bonchev–Trinajstić information content (AvgIpc) is 2.02. The highest BCUT2D eigenvalue weighted by molar-refractivity contribution is 7.65. The van der Waals surface area contributed by atoms with Gasteiger partial charge in [0, 0.05) is 0 Å². The van der Waals surface area contributed by atoms with Crippen LogP contribution >= 0.6 is 7.72 Å². The first-order chi connectivity index (χ1) is 6.49. The molecule has 0 unspecified atom stereocenters. The van der Waals surface area contributed by atoms with Gasteiger partial charge in [-0.25, -0.2) is 0 Å². The lowest BCUT2D eigenvalue weighted by Crippen LogP contribution is -2.08. The van der Waals surface area contributed by atoms with Crippen molar-refractivity contribution < 1.29 is 9.05 Å². The zero-order chi connectivity index (χ0) is 10.6. The Morgan fingerprint density at radius 2 is 1.64 bits per heavy atom. The summed E-state index contributed by atoms with van der Waals surface area (Å²) in [6.45, 7) is 8.10. The van der Waals surface area contributed by atoms with E-state index in [4.69, 9.17) is 9.05 Å². The van der Waals surface area contributed by atoms with E-state index in [1.807, 2.05) is 57.5 Å². The highest BCUT2D eigenvalue weighted by Crippen LogP contribution is 2.54. The Kier molecular flexibility index (Phi) is 3.91. The van der Waals surface area contributed by atoms with Crippen LogP contribution in [0.4, 0.5) is 0 Å². The van der Waals surface area contributed by atoms with Crippen molar-refractivity contribution in [2.24, 2.45) is 0 Å². The van der Waals surface area contributed by atoms with Crippen LogP contribution in [0.1, 0.15) is 13.8 Å². The number of hydrogen-bond acceptors (Lipinski definition) is 2. The predicted molar refractivity (Wildman–Crippen MR) is 62.1 cm³/mol. The molecule has 1 aromatic rings. The molecule has 0 heterocycles. The first-order valence-corrected chi connectivity index (χ1v) is 7.28. The maximum Gasteiger partial charge on any atom is 0.314 e. The van der Waals surface area contributed by atoms with Crippen LogP contribution in [-0.4, -0.2) is 19.4 Å². The lowest BCUT2D eigenvalue weighted by atomic mass is 10.3. The number of rotatable bonds is 4. The Hall–Kier alpha value is -0.590. The highest BCUT2D eigenvalue weighted by Gasteiger charge is 2.31. The SMILES string of the molecule is CC(C)O[P+](C)(C)Oc1ccccc1. The molecule has 0 atom stereocenters. The van der Waals surface area contributed by atoms with Gasteiger partial charge in [-0.1, -0.05) is 18.2 Å². The molecule has 0 aliphatic rings. The van der Waals surface area contributed by atoms with Gasteiger partial charge in [-0.05, 0) is 26.0 Å². The first-order valence-electron chi connectivity index (χ1n) is 4.76. The minimum atomic E-state index is -1.72. The summed E-state index contributed by atoms with van der Waals surface area (Å²) in [5.41, 5.74) is 0. The molecule has 0 saturated heterocycles. The number of para-hydroxylation sites is 1. The van der Waals surface area contributed by atoms with Gasteiger partial charge in [0.1, 0.15) is 19.4 Å². The second-order valence-corrected chi connectivity index (χ2v) is 6.71. The van der Waals surface area contributed by atoms with Crippen LogP contribution in [0.25, 0.3) is 0 Å². The van der Waals surface area contributed by atoms with Crippen LogP contribution in [0.2, 0.25) is 0 Å². The fourth-order valence-corrected chi connectivity index (χ4v) is 2.95. The van der Waals surface area contributed by atoms with Crippen molar-refractivity contribution in [1.82, 2.24) is 0 Å². The van der Waals surface area contributed by atoms with Crippen LogP contribution in [0, 0.1) is 0 Å². The topological polar surface area (TPSA) is 18.5 Å². The summed E-state index contributed by atoms with van der Waals surface area (Å²) < 4.78 is 11.5. The van der Waals surface area contributed by atoms with Crippen molar-refractivity contribution in [3.63, 3.8) is 0 Å². The summed E-state index contributed by atoms with van der Waals surface area (Å²) >= 11 is 0. The first kappa shape index (κ1) is 11.5. The summed E-state index contributed by atoms with van der Waals surface area (Å²) in [7, 11) is -1.72. The molecule has 0 bridgehead atoms. The molecule has 0 saturated carbocycles. The molecule has 1 rings (SSSR count). The Morgan fingerprint density at radius 1 is 1.07 bits per heavy atom. The molecule has 0 N–H and O–H groups in total. The minimum absolute atomic E-state index is 0.210. The normalized spacial score (nSPS) is 11.8. The van der Waals surface area contributed by atoms with Gasteiger partial charge in [0.05, 0.1) is 0 Å². The quantitative estimate of drug-likeness (QED) is 0.711. The van der Waals surface area contributed by atoms with E-state index in [1.165, 1.54) is 0 Å². The molecule has 0 fully saturated rings.